The highest BCUT2D eigenvalue weighted by atomic mass is 35.5. The lowest BCUT2D eigenvalue weighted by atomic mass is 10.0. The highest BCUT2D eigenvalue weighted by molar-refractivity contribution is 7.21. The molecule has 0 saturated carbocycles. The van der Waals surface area contributed by atoms with Crippen LogP contribution in [0.5, 0.6) is 5.75 Å². The number of hydrogen-bond donors (Lipinski definition) is 1. The van der Waals surface area contributed by atoms with E-state index >= 15 is 0 Å². The maximum absolute atomic E-state index is 14.5. The normalized spacial score (nSPS) is 10.9. The number of rotatable bonds is 3. The average molecular weight is 337 g/mol. The van der Waals surface area contributed by atoms with E-state index in [1.54, 1.807) is 30.3 Å². The van der Waals surface area contributed by atoms with Gasteiger partial charge < -0.3 is 9.84 Å². The van der Waals surface area contributed by atoms with E-state index in [0.29, 0.717) is 20.7 Å². The van der Waals surface area contributed by atoms with Gasteiger partial charge in [0.1, 0.15) is 4.88 Å². The molecule has 0 aliphatic carbocycles. The molecule has 6 heteroatoms. The van der Waals surface area contributed by atoms with Crippen LogP contribution < -0.4 is 4.74 Å². The van der Waals surface area contributed by atoms with E-state index in [0.717, 1.165) is 11.3 Å². The molecule has 1 N–H and O–H groups in total. The number of aromatic carboxylic acids is 1. The highest BCUT2D eigenvalue weighted by Crippen LogP contribution is 2.42. The Morgan fingerprint density at radius 1 is 1.32 bits per heavy atom. The Morgan fingerprint density at radius 3 is 2.77 bits per heavy atom. The smallest absolute Gasteiger partial charge is 0.346 e. The van der Waals surface area contributed by atoms with E-state index in [1.165, 1.54) is 13.2 Å². The number of thiophene rings is 1. The minimum atomic E-state index is -1.10. The van der Waals surface area contributed by atoms with Gasteiger partial charge in [0.25, 0.3) is 0 Å². The fourth-order valence-corrected chi connectivity index (χ4v) is 3.68. The van der Waals surface area contributed by atoms with Crippen molar-refractivity contribution in [3.8, 4) is 16.9 Å². The van der Waals surface area contributed by atoms with Gasteiger partial charge in [-0.1, -0.05) is 29.8 Å². The van der Waals surface area contributed by atoms with Crippen LogP contribution in [0.2, 0.25) is 5.02 Å². The Labute approximate surface area is 134 Å². The fourth-order valence-electron chi connectivity index (χ4n) is 2.35. The Bertz CT molecular complexity index is 888. The van der Waals surface area contributed by atoms with Crippen molar-refractivity contribution in [3.63, 3.8) is 0 Å². The number of ether oxygens (including phenoxy) is 1. The van der Waals surface area contributed by atoms with Crippen LogP contribution in [-0.4, -0.2) is 18.2 Å². The van der Waals surface area contributed by atoms with Crippen LogP contribution in [0.15, 0.2) is 36.4 Å². The van der Waals surface area contributed by atoms with Crippen LogP contribution in [0.25, 0.3) is 21.2 Å². The molecule has 0 atom stereocenters. The second-order valence-corrected chi connectivity index (χ2v) is 6.06. The lowest BCUT2D eigenvalue weighted by Crippen LogP contribution is -1.97. The van der Waals surface area contributed by atoms with Crippen LogP contribution in [0.4, 0.5) is 4.39 Å². The molecule has 22 heavy (non-hydrogen) atoms. The molecule has 0 unspecified atom stereocenters. The van der Waals surface area contributed by atoms with Crippen molar-refractivity contribution in [2.24, 2.45) is 0 Å². The Balaban J connectivity index is 2.39. The molecule has 0 saturated heterocycles. The highest BCUT2D eigenvalue weighted by Gasteiger charge is 2.23. The van der Waals surface area contributed by atoms with Gasteiger partial charge in [0.15, 0.2) is 11.6 Å². The number of carboxylic acids is 1. The zero-order valence-corrected chi connectivity index (χ0v) is 13.0. The van der Waals surface area contributed by atoms with E-state index in [1.807, 2.05) is 0 Å². The summed E-state index contributed by atoms with van der Waals surface area (Å²) in [5.74, 6) is -1.61. The summed E-state index contributed by atoms with van der Waals surface area (Å²) in [7, 11) is 1.37. The Hall–Kier alpha value is -2.11. The molecule has 3 rings (SSSR count). The van der Waals surface area contributed by atoms with Crippen molar-refractivity contribution in [3.05, 3.63) is 52.1 Å². The van der Waals surface area contributed by atoms with Crippen LogP contribution in [0.3, 0.4) is 0 Å². The summed E-state index contributed by atoms with van der Waals surface area (Å²) in [4.78, 5) is 11.6. The number of halogens is 2. The number of hydrogen-bond acceptors (Lipinski definition) is 3. The monoisotopic (exact) mass is 336 g/mol. The molecule has 3 aromatic rings. The number of benzene rings is 2. The largest absolute Gasteiger partial charge is 0.494 e. The first kappa shape index (κ1) is 14.8. The number of carboxylic acid groups (broad SMARTS) is 1. The molecule has 1 heterocycles. The molecule has 0 amide bonds. The van der Waals surface area contributed by atoms with Crippen LogP contribution in [0, 0.1) is 5.82 Å². The minimum Gasteiger partial charge on any atom is -0.494 e. The van der Waals surface area contributed by atoms with Crippen molar-refractivity contribution in [2.75, 3.05) is 7.11 Å². The van der Waals surface area contributed by atoms with Gasteiger partial charge in [-0.25, -0.2) is 9.18 Å². The molecule has 2 aromatic carbocycles. The van der Waals surface area contributed by atoms with E-state index in [9.17, 15) is 14.3 Å². The summed E-state index contributed by atoms with van der Waals surface area (Å²) in [6.45, 7) is 0. The summed E-state index contributed by atoms with van der Waals surface area (Å²) >= 11 is 7.02. The predicted molar refractivity (Wildman–Crippen MR) is 85.7 cm³/mol. The van der Waals surface area contributed by atoms with Gasteiger partial charge in [-0.2, -0.15) is 0 Å². The van der Waals surface area contributed by atoms with Gasteiger partial charge in [-0.05, 0) is 18.2 Å². The summed E-state index contributed by atoms with van der Waals surface area (Å²) in [5.41, 5.74) is 0.547. The SMILES string of the molecule is COc1cccc(-c2c(C(=O)O)sc3cc(Cl)ccc23)c1F. The molecule has 1 aromatic heterocycles. The third-order valence-corrected chi connectivity index (χ3v) is 4.67. The standard InChI is InChI=1S/C16H10ClFO3S/c1-21-11-4-2-3-10(14(11)18)13-9-6-5-8(17)7-12(9)22-15(13)16(19)20/h2-7H,1H3,(H,19,20). The summed E-state index contributed by atoms with van der Waals surface area (Å²) in [5, 5.41) is 10.6. The van der Waals surface area contributed by atoms with Gasteiger partial charge in [0, 0.05) is 26.2 Å². The van der Waals surface area contributed by atoms with Gasteiger partial charge in [-0.15, -0.1) is 11.3 Å². The van der Waals surface area contributed by atoms with Crippen molar-refractivity contribution in [1.29, 1.82) is 0 Å². The topological polar surface area (TPSA) is 46.5 Å². The Kier molecular flexibility index (Phi) is 3.76. The maximum Gasteiger partial charge on any atom is 0.346 e. The zero-order chi connectivity index (χ0) is 15.9. The summed E-state index contributed by atoms with van der Waals surface area (Å²) in [6, 6.07) is 9.70. The third-order valence-electron chi connectivity index (χ3n) is 3.30. The third kappa shape index (κ3) is 2.32. The molecule has 112 valence electrons. The van der Waals surface area contributed by atoms with E-state index in [2.05, 4.69) is 0 Å². The lowest BCUT2D eigenvalue weighted by Gasteiger charge is -2.08. The Morgan fingerprint density at radius 2 is 2.09 bits per heavy atom. The van der Waals surface area contributed by atoms with Crippen LogP contribution in [0.1, 0.15) is 9.67 Å². The van der Waals surface area contributed by atoms with Gasteiger partial charge >= 0.3 is 5.97 Å². The van der Waals surface area contributed by atoms with Crippen molar-refractivity contribution in [2.45, 2.75) is 0 Å². The molecule has 0 aliphatic heterocycles. The minimum absolute atomic E-state index is 0.0714. The molecular formula is C16H10ClFO3S. The lowest BCUT2D eigenvalue weighted by molar-refractivity contribution is 0.0703. The fraction of sp³-hybridized carbons (Fsp3) is 0.0625. The summed E-state index contributed by atoms with van der Waals surface area (Å²) in [6.07, 6.45) is 0. The molecule has 0 aliphatic rings. The van der Waals surface area contributed by atoms with Gasteiger partial charge in [0.05, 0.1) is 7.11 Å². The number of carbonyl (C=O) groups is 1. The number of fused-ring (bicyclic) bond motifs is 1. The van der Waals surface area contributed by atoms with Crippen LogP contribution >= 0.6 is 22.9 Å². The molecule has 0 radical (unpaired) electrons. The predicted octanol–water partition coefficient (Wildman–Crippen LogP) is 5.07. The van der Waals surface area contributed by atoms with E-state index in [-0.39, 0.29) is 16.2 Å². The first-order valence-electron chi connectivity index (χ1n) is 6.31. The van der Waals surface area contributed by atoms with Gasteiger partial charge in [-0.3, -0.25) is 0 Å². The molecular weight excluding hydrogens is 327 g/mol. The second-order valence-electron chi connectivity index (χ2n) is 4.57. The van der Waals surface area contributed by atoms with Crippen LogP contribution in [-0.2, 0) is 0 Å². The molecule has 0 spiro atoms. The van der Waals surface area contributed by atoms with Crippen molar-refractivity contribution in [1.82, 2.24) is 0 Å². The van der Waals surface area contributed by atoms with E-state index in [4.69, 9.17) is 16.3 Å². The zero-order valence-electron chi connectivity index (χ0n) is 11.4. The first-order valence-corrected chi connectivity index (χ1v) is 7.50. The maximum atomic E-state index is 14.5. The average Bonchev–Trinajstić information content (AvgIpc) is 2.86. The van der Waals surface area contributed by atoms with Gasteiger partial charge in [0.2, 0.25) is 0 Å². The van der Waals surface area contributed by atoms with Crippen molar-refractivity contribution < 1.29 is 19.0 Å². The summed E-state index contributed by atoms with van der Waals surface area (Å²) < 4.78 is 20.2. The molecule has 0 fully saturated rings. The first-order chi connectivity index (χ1) is 10.5. The molecule has 3 nitrogen and oxygen atoms in total. The number of methoxy groups -OCH3 is 1. The molecule has 0 bridgehead atoms. The quantitative estimate of drug-likeness (QED) is 0.726. The van der Waals surface area contributed by atoms with E-state index < -0.39 is 11.8 Å². The van der Waals surface area contributed by atoms with Crippen molar-refractivity contribution >= 4 is 39.0 Å². The second kappa shape index (κ2) is 5.59.